The predicted octanol–water partition coefficient (Wildman–Crippen LogP) is 2.07. The van der Waals surface area contributed by atoms with Crippen LogP contribution < -0.4 is 0 Å². The van der Waals surface area contributed by atoms with Gasteiger partial charge in [0.2, 0.25) is 5.82 Å². The molecule has 7 heteroatoms. The molecule has 0 aliphatic heterocycles. The summed E-state index contributed by atoms with van der Waals surface area (Å²) in [6, 6.07) is 3.47. The summed E-state index contributed by atoms with van der Waals surface area (Å²) in [6.07, 6.45) is 2.07. The standard InChI is InChI=1S/C13H18N4O3/c1-13(2,3)7-9(12(18)19)8-17-11(14-15-16-17)10-5-4-6-20-10/h4-6,9H,7-8H2,1-3H3,(H,18,19). The molecule has 20 heavy (non-hydrogen) atoms. The van der Waals surface area contributed by atoms with Crippen LogP contribution in [0.15, 0.2) is 22.8 Å². The van der Waals surface area contributed by atoms with Gasteiger partial charge in [-0.25, -0.2) is 4.68 Å². The molecule has 108 valence electrons. The molecular formula is C13H18N4O3. The van der Waals surface area contributed by atoms with E-state index in [0.29, 0.717) is 18.0 Å². The molecule has 1 unspecified atom stereocenters. The Balaban J connectivity index is 2.20. The zero-order valence-corrected chi connectivity index (χ0v) is 11.8. The number of carboxylic acids is 1. The van der Waals surface area contributed by atoms with Crippen LogP contribution >= 0.6 is 0 Å². The van der Waals surface area contributed by atoms with Crippen LogP contribution in [0.4, 0.5) is 0 Å². The Morgan fingerprint density at radius 1 is 1.50 bits per heavy atom. The lowest BCUT2D eigenvalue weighted by Crippen LogP contribution is -2.26. The molecule has 0 bridgehead atoms. The Hall–Kier alpha value is -2.18. The van der Waals surface area contributed by atoms with Crippen molar-refractivity contribution in [2.24, 2.45) is 11.3 Å². The van der Waals surface area contributed by atoms with Gasteiger partial charge in [0.05, 0.1) is 18.7 Å². The SMILES string of the molecule is CC(C)(C)CC(Cn1nnnc1-c1ccco1)C(=O)O. The van der Waals surface area contributed by atoms with E-state index in [4.69, 9.17) is 4.42 Å². The first-order valence-corrected chi connectivity index (χ1v) is 6.40. The van der Waals surface area contributed by atoms with Crippen molar-refractivity contribution in [2.45, 2.75) is 33.7 Å². The van der Waals surface area contributed by atoms with E-state index >= 15 is 0 Å². The van der Waals surface area contributed by atoms with Gasteiger partial charge in [-0.15, -0.1) is 5.10 Å². The molecule has 0 spiro atoms. The Morgan fingerprint density at radius 3 is 2.80 bits per heavy atom. The van der Waals surface area contributed by atoms with Gasteiger partial charge >= 0.3 is 5.97 Å². The second-order valence-corrected chi connectivity index (χ2v) is 5.96. The zero-order chi connectivity index (χ0) is 14.8. The molecule has 7 nitrogen and oxygen atoms in total. The highest BCUT2D eigenvalue weighted by Crippen LogP contribution is 2.26. The number of nitrogens with zero attached hydrogens (tertiary/aromatic N) is 4. The van der Waals surface area contributed by atoms with Crippen molar-refractivity contribution in [3.8, 4) is 11.6 Å². The van der Waals surface area contributed by atoms with Crippen molar-refractivity contribution in [3.63, 3.8) is 0 Å². The van der Waals surface area contributed by atoms with Crippen LogP contribution in [0, 0.1) is 11.3 Å². The summed E-state index contributed by atoms with van der Waals surface area (Å²) in [6.45, 7) is 6.25. The summed E-state index contributed by atoms with van der Waals surface area (Å²) in [7, 11) is 0. The highest BCUT2D eigenvalue weighted by Gasteiger charge is 2.27. The molecule has 0 amide bonds. The number of aliphatic carboxylic acids is 1. The lowest BCUT2D eigenvalue weighted by molar-refractivity contribution is -0.143. The number of aromatic nitrogens is 4. The average molecular weight is 278 g/mol. The van der Waals surface area contributed by atoms with Crippen molar-refractivity contribution in [3.05, 3.63) is 18.4 Å². The highest BCUT2D eigenvalue weighted by molar-refractivity contribution is 5.70. The minimum atomic E-state index is -0.846. The fourth-order valence-electron chi connectivity index (χ4n) is 2.09. The van der Waals surface area contributed by atoms with Gasteiger partial charge in [-0.3, -0.25) is 4.79 Å². The minimum absolute atomic E-state index is 0.0814. The van der Waals surface area contributed by atoms with E-state index in [1.807, 2.05) is 20.8 Å². The van der Waals surface area contributed by atoms with Gasteiger partial charge in [-0.2, -0.15) is 0 Å². The van der Waals surface area contributed by atoms with Crippen LogP contribution in [0.3, 0.4) is 0 Å². The number of tetrazole rings is 1. The third kappa shape index (κ3) is 3.43. The second kappa shape index (κ2) is 5.44. The molecule has 0 aliphatic rings. The third-order valence-electron chi connectivity index (χ3n) is 2.87. The van der Waals surface area contributed by atoms with Gasteiger partial charge in [-0.1, -0.05) is 20.8 Å². The van der Waals surface area contributed by atoms with E-state index in [-0.39, 0.29) is 12.0 Å². The first kappa shape index (κ1) is 14.2. The van der Waals surface area contributed by atoms with Crippen molar-refractivity contribution in [2.75, 3.05) is 0 Å². The second-order valence-electron chi connectivity index (χ2n) is 5.96. The van der Waals surface area contributed by atoms with Crippen LogP contribution in [0.1, 0.15) is 27.2 Å². The molecule has 0 radical (unpaired) electrons. The van der Waals surface area contributed by atoms with E-state index in [2.05, 4.69) is 15.5 Å². The van der Waals surface area contributed by atoms with Crippen LogP contribution in [0.5, 0.6) is 0 Å². The van der Waals surface area contributed by atoms with Crippen molar-refractivity contribution >= 4 is 5.97 Å². The number of hydrogen-bond acceptors (Lipinski definition) is 5. The molecule has 2 heterocycles. The van der Waals surface area contributed by atoms with Crippen molar-refractivity contribution in [1.29, 1.82) is 0 Å². The van der Waals surface area contributed by atoms with Crippen LogP contribution in [0.2, 0.25) is 0 Å². The van der Waals surface area contributed by atoms with Gasteiger partial charge in [-0.05, 0) is 34.4 Å². The lowest BCUT2D eigenvalue weighted by atomic mass is 9.84. The Morgan fingerprint density at radius 2 is 2.25 bits per heavy atom. The number of rotatable bonds is 5. The zero-order valence-electron chi connectivity index (χ0n) is 11.8. The van der Waals surface area contributed by atoms with Gasteiger partial charge in [0.15, 0.2) is 5.76 Å². The van der Waals surface area contributed by atoms with Gasteiger partial charge in [0.25, 0.3) is 0 Å². The van der Waals surface area contributed by atoms with E-state index in [1.54, 1.807) is 12.1 Å². The molecule has 1 atom stereocenters. The Bertz CT molecular complexity index is 569. The number of furan rings is 1. The van der Waals surface area contributed by atoms with Crippen molar-refractivity contribution < 1.29 is 14.3 Å². The van der Waals surface area contributed by atoms with E-state index < -0.39 is 11.9 Å². The van der Waals surface area contributed by atoms with Crippen LogP contribution in [-0.4, -0.2) is 31.3 Å². The van der Waals surface area contributed by atoms with Crippen LogP contribution in [-0.2, 0) is 11.3 Å². The fraction of sp³-hybridized carbons (Fsp3) is 0.538. The molecule has 0 aliphatic carbocycles. The molecule has 0 saturated carbocycles. The van der Waals surface area contributed by atoms with Gasteiger partial charge in [0.1, 0.15) is 0 Å². The summed E-state index contributed by atoms with van der Waals surface area (Å²) in [5.74, 6) is -0.432. The summed E-state index contributed by atoms with van der Waals surface area (Å²) >= 11 is 0. The number of hydrogen-bond donors (Lipinski definition) is 1. The summed E-state index contributed by atoms with van der Waals surface area (Å²) in [4.78, 5) is 11.4. The molecule has 2 aromatic heterocycles. The topological polar surface area (TPSA) is 94.0 Å². The minimum Gasteiger partial charge on any atom is -0.481 e. The first-order chi connectivity index (χ1) is 9.37. The summed E-state index contributed by atoms with van der Waals surface area (Å²) < 4.78 is 6.73. The monoisotopic (exact) mass is 278 g/mol. The predicted molar refractivity (Wildman–Crippen MR) is 70.7 cm³/mol. The van der Waals surface area contributed by atoms with Crippen LogP contribution in [0.25, 0.3) is 11.6 Å². The average Bonchev–Trinajstić information content (AvgIpc) is 2.94. The maximum atomic E-state index is 11.4. The maximum absolute atomic E-state index is 11.4. The Labute approximate surface area is 116 Å². The molecule has 2 rings (SSSR count). The molecule has 2 aromatic rings. The summed E-state index contributed by atoms with van der Waals surface area (Å²) in [5.41, 5.74) is -0.0814. The van der Waals surface area contributed by atoms with Crippen molar-refractivity contribution in [1.82, 2.24) is 20.2 Å². The Kier molecular flexibility index (Phi) is 3.87. The highest BCUT2D eigenvalue weighted by atomic mass is 16.4. The summed E-state index contributed by atoms with van der Waals surface area (Å²) in [5, 5.41) is 20.7. The largest absolute Gasteiger partial charge is 0.481 e. The van der Waals surface area contributed by atoms with Gasteiger partial charge < -0.3 is 9.52 Å². The maximum Gasteiger partial charge on any atom is 0.308 e. The van der Waals surface area contributed by atoms with E-state index in [0.717, 1.165) is 0 Å². The quantitative estimate of drug-likeness (QED) is 0.899. The normalized spacial score (nSPS) is 13.3. The van der Waals surface area contributed by atoms with E-state index in [9.17, 15) is 9.90 Å². The molecular weight excluding hydrogens is 260 g/mol. The molecule has 0 fully saturated rings. The molecule has 0 saturated heterocycles. The lowest BCUT2D eigenvalue weighted by Gasteiger charge is -2.23. The number of carbonyl (C=O) groups is 1. The van der Waals surface area contributed by atoms with Gasteiger partial charge in [0, 0.05) is 0 Å². The fourth-order valence-corrected chi connectivity index (χ4v) is 2.09. The molecule has 1 N–H and O–H groups in total. The first-order valence-electron chi connectivity index (χ1n) is 6.40. The molecule has 0 aromatic carbocycles. The van der Waals surface area contributed by atoms with E-state index in [1.165, 1.54) is 10.9 Å². The smallest absolute Gasteiger partial charge is 0.308 e. The third-order valence-corrected chi connectivity index (χ3v) is 2.87. The number of carboxylic acid groups (broad SMARTS) is 1.